The van der Waals surface area contributed by atoms with Crippen molar-refractivity contribution < 1.29 is 27.1 Å². The van der Waals surface area contributed by atoms with Crippen molar-refractivity contribution in [3.8, 4) is 11.5 Å². The number of carbonyl (C=O) groups is 1. The van der Waals surface area contributed by atoms with Gasteiger partial charge in [0.15, 0.2) is 11.5 Å². The van der Waals surface area contributed by atoms with Crippen LogP contribution in [0.2, 0.25) is 0 Å². The number of fused-ring (bicyclic) bond motifs is 1. The average Bonchev–Trinajstić information content (AvgIpc) is 2.77. The summed E-state index contributed by atoms with van der Waals surface area (Å²) in [4.78, 5) is 14.1. The van der Waals surface area contributed by atoms with E-state index in [1.165, 1.54) is 34.6 Å². The molecule has 0 atom stereocenters. The molecule has 1 saturated heterocycles. The lowest BCUT2D eigenvalue weighted by atomic mass is 10.2. The van der Waals surface area contributed by atoms with Crippen molar-refractivity contribution >= 4 is 22.0 Å². The normalized spacial score (nSPS) is 17.3. The molecule has 7 nitrogen and oxygen atoms in total. The van der Waals surface area contributed by atoms with Crippen molar-refractivity contribution in [3.05, 3.63) is 59.9 Å². The fourth-order valence-corrected chi connectivity index (χ4v) is 4.80. The molecule has 0 aromatic heterocycles. The van der Waals surface area contributed by atoms with E-state index in [9.17, 15) is 17.6 Å². The molecule has 0 radical (unpaired) electrons. The van der Waals surface area contributed by atoms with Crippen LogP contribution in [0.15, 0.2) is 53.4 Å². The number of nitrogens with zero attached hydrogens (tertiary/aromatic N) is 2. The van der Waals surface area contributed by atoms with E-state index in [4.69, 9.17) is 9.47 Å². The van der Waals surface area contributed by atoms with Crippen molar-refractivity contribution in [2.24, 2.45) is 0 Å². The van der Waals surface area contributed by atoms with Gasteiger partial charge in [-0.05, 0) is 35.9 Å². The Kier molecular flexibility index (Phi) is 5.74. The van der Waals surface area contributed by atoms with Gasteiger partial charge in [0.25, 0.3) is 0 Å². The molecule has 0 spiro atoms. The van der Waals surface area contributed by atoms with E-state index in [1.54, 1.807) is 29.2 Å². The molecule has 2 aromatic carbocycles. The lowest BCUT2D eigenvalue weighted by Crippen LogP contribution is -2.50. The van der Waals surface area contributed by atoms with E-state index < -0.39 is 10.0 Å². The van der Waals surface area contributed by atoms with Crippen LogP contribution in [-0.2, 0) is 14.8 Å². The smallest absolute Gasteiger partial charge is 0.246 e. The van der Waals surface area contributed by atoms with Gasteiger partial charge in [-0.3, -0.25) is 4.79 Å². The molecule has 0 bridgehead atoms. The van der Waals surface area contributed by atoms with Gasteiger partial charge in [0, 0.05) is 38.3 Å². The molecular formula is C21H21FN2O5S. The highest BCUT2D eigenvalue weighted by Gasteiger charge is 2.30. The van der Waals surface area contributed by atoms with Crippen LogP contribution < -0.4 is 9.47 Å². The van der Waals surface area contributed by atoms with Gasteiger partial charge in [0.05, 0.1) is 4.90 Å². The summed E-state index contributed by atoms with van der Waals surface area (Å²) in [7, 11) is -3.70. The second-order valence-electron chi connectivity index (χ2n) is 6.92. The fourth-order valence-electron chi connectivity index (χ4n) is 3.37. The van der Waals surface area contributed by atoms with E-state index in [2.05, 4.69) is 0 Å². The number of amides is 1. The maximum atomic E-state index is 13.2. The number of halogens is 1. The van der Waals surface area contributed by atoms with Crippen LogP contribution in [0.25, 0.3) is 6.08 Å². The molecule has 0 saturated carbocycles. The van der Waals surface area contributed by atoms with Gasteiger partial charge in [-0.25, -0.2) is 12.8 Å². The van der Waals surface area contributed by atoms with Crippen LogP contribution in [0.5, 0.6) is 11.5 Å². The minimum Gasteiger partial charge on any atom is -0.486 e. The Morgan fingerprint density at radius 3 is 2.43 bits per heavy atom. The molecule has 2 aromatic rings. The number of ether oxygens (including phenoxy) is 2. The molecule has 158 valence electrons. The van der Waals surface area contributed by atoms with Crippen molar-refractivity contribution in [1.29, 1.82) is 0 Å². The minimum atomic E-state index is -3.70. The second kappa shape index (κ2) is 8.45. The number of piperazine rings is 1. The highest BCUT2D eigenvalue weighted by atomic mass is 32.2. The Balaban J connectivity index is 1.39. The van der Waals surface area contributed by atoms with E-state index in [1.807, 2.05) is 0 Å². The maximum Gasteiger partial charge on any atom is 0.246 e. The summed E-state index contributed by atoms with van der Waals surface area (Å²) in [6, 6.07) is 10.5. The molecule has 2 aliphatic heterocycles. The molecular weight excluding hydrogens is 411 g/mol. The lowest BCUT2D eigenvalue weighted by molar-refractivity contribution is -0.127. The predicted molar refractivity (Wildman–Crippen MR) is 108 cm³/mol. The third kappa shape index (κ3) is 4.31. The maximum absolute atomic E-state index is 13.2. The van der Waals surface area contributed by atoms with Gasteiger partial charge in [0.2, 0.25) is 15.9 Å². The Hall–Kier alpha value is -2.91. The first kappa shape index (κ1) is 20.4. The predicted octanol–water partition coefficient (Wildman–Crippen LogP) is 2.14. The van der Waals surface area contributed by atoms with Crippen LogP contribution in [0.1, 0.15) is 5.56 Å². The fraction of sp³-hybridized carbons (Fsp3) is 0.286. The summed E-state index contributed by atoms with van der Waals surface area (Å²) < 4.78 is 51.4. The first-order chi connectivity index (χ1) is 14.4. The molecule has 2 aliphatic rings. The Morgan fingerprint density at radius 2 is 1.70 bits per heavy atom. The van der Waals surface area contributed by atoms with Crippen LogP contribution in [-0.4, -0.2) is 62.9 Å². The summed E-state index contributed by atoms with van der Waals surface area (Å²) in [5.41, 5.74) is 0.586. The largest absolute Gasteiger partial charge is 0.486 e. The zero-order valence-electron chi connectivity index (χ0n) is 16.2. The molecule has 0 aliphatic carbocycles. The van der Waals surface area contributed by atoms with Gasteiger partial charge in [-0.1, -0.05) is 12.1 Å². The van der Waals surface area contributed by atoms with Gasteiger partial charge < -0.3 is 14.4 Å². The third-order valence-electron chi connectivity index (χ3n) is 4.97. The average molecular weight is 432 g/mol. The first-order valence-electron chi connectivity index (χ1n) is 9.56. The van der Waals surface area contributed by atoms with Crippen molar-refractivity contribution in [3.63, 3.8) is 0 Å². The van der Waals surface area contributed by atoms with Crippen LogP contribution >= 0.6 is 0 Å². The van der Waals surface area contributed by atoms with Crippen LogP contribution in [0, 0.1) is 5.82 Å². The number of rotatable bonds is 4. The summed E-state index contributed by atoms with van der Waals surface area (Å²) in [6.07, 6.45) is 2.92. The van der Waals surface area contributed by atoms with Gasteiger partial charge >= 0.3 is 0 Å². The highest BCUT2D eigenvalue weighted by Crippen LogP contribution is 2.33. The lowest BCUT2D eigenvalue weighted by Gasteiger charge is -2.33. The molecule has 1 amide bonds. The van der Waals surface area contributed by atoms with E-state index in [0.29, 0.717) is 30.3 Å². The van der Waals surface area contributed by atoms with E-state index >= 15 is 0 Å². The van der Waals surface area contributed by atoms with Gasteiger partial charge in [0.1, 0.15) is 19.0 Å². The standard InChI is InChI=1S/C21H21FN2O5S/c22-17-3-1-2-16(14-17)4-7-21(25)23-8-10-24(11-9-23)30(26,27)18-5-6-19-20(15-18)29-13-12-28-19/h1-7,14-15H,8-13H2/b7-4+. The third-order valence-corrected chi connectivity index (χ3v) is 6.86. The molecule has 0 N–H and O–H groups in total. The quantitative estimate of drug-likeness (QED) is 0.692. The first-order valence-corrected chi connectivity index (χ1v) is 11.0. The zero-order chi connectivity index (χ0) is 21.1. The Bertz CT molecular complexity index is 1080. The summed E-state index contributed by atoms with van der Waals surface area (Å²) >= 11 is 0. The number of benzene rings is 2. The number of hydrogen-bond donors (Lipinski definition) is 0. The van der Waals surface area contributed by atoms with E-state index in [0.717, 1.165) is 0 Å². The Morgan fingerprint density at radius 1 is 0.967 bits per heavy atom. The molecule has 0 unspecified atom stereocenters. The summed E-state index contributed by atoms with van der Waals surface area (Å²) in [5.74, 6) is 0.331. The highest BCUT2D eigenvalue weighted by molar-refractivity contribution is 7.89. The minimum absolute atomic E-state index is 0.137. The van der Waals surface area contributed by atoms with Crippen LogP contribution in [0.4, 0.5) is 4.39 Å². The molecule has 9 heteroatoms. The Labute approximate surface area is 174 Å². The zero-order valence-corrected chi connectivity index (χ0v) is 17.0. The van der Waals surface area contributed by atoms with Gasteiger partial charge in [-0.15, -0.1) is 0 Å². The molecule has 2 heterocycles. The van der Waals surface area contributed by atoms with Crippen molar-refractivity contribution in [1.82, 2.24) is 9.21 Å². The number of sulfonamides is 1. The summed E-state index contributed by atoms with van der Waals surface area (Å²) in [5, 5.41) is 0. The van der Waals surface area contributed by atoms with Gasteiger partial charge in [-0.2, -0.15) is 4.31 Å². The second-order valence-corrected chi connectivity index (χ2v) is 8.86. The number of hydrogen-bond acceptors (Lipinski definition) is 5. The van der Waals surface area contributed by atoms with Crippen molar-refractivity contribution in [2.75, 3.05) is 39.4 Å². The topological polar surface area (TPSA) is 76.2 Å². The molecule has 30 heavy (non-hydrogen) atoms. The van der Waals surface area contributed by atoms with Crippen molar-refractivity contribution in [2.45, 2.75) is 4.90 Å². The SMILES string of the molecule is O=C(/C=C/c1cccc(F)c1)N1CCN(S(=O)(=O)c2ccc3c(c2)OCCO3)CC1. The number of carbonyl (C=O) groups excluding carboxylic acids is 1. The van der Waals surface area contributed by atoms with E-state index in [-0.39, 0.29) is 42.8 Å². The monoisotopic (exact) mass is 432 g/mol. The molecule has 1 fully saturated rings. The summed E-state index contributed by atoms with van der Waals surface area (Å²) in [6.45, 7) is 1.74. The van der Waals surface area contributed by atoms with Crippen LogP contribution in [0.3, 0.4) is 0 Å². The molecule has 4 rings (SSSR count).